The Bertz CT molecular complexity index is 584. The molecule has 22 heavy (non-hydrogen) atoms. The molecule has 1 aromatic rings. The summed E-state index contributed by atoms with van der Waals surface area (Å²) in [4.78, 5) is 30.3. The number of imidazole rings is 1. The Hall–Kier alpha value is -1.89. The molecule has 0 spiro atoms. The topological polar surface area (TPSA) is 79.3 Å². The van der Waals surface area contributed by atoms with Crippen LogP contribution in [0.2, 0.25) is 0 Å². The van der Waals surface area contributed by atoms with Gasteiger partial charge in [-0.2, -0.15) is 0 Å². The van der Waals surface area contributed by atoms with E-state index in [0.29, 0.717) is 0 Å². The van der Waals surface area contributed by atoms with Crippen LogP contribution in [-0.4, -0.2) is 45.0 Å². The molecule has 7 nitrogen and oxygen atoms in total. The van der Waals surface area contributed by atoms with Gasteiger partial charge in [0.15, 0.2) is 0 Å². The maximum Gasteiger partial charge on any atom is 0.322 e. The van der Waals surface area contributed by atoms with Crippen LogP contribution in [0, 0.1) is 5.92 Å². The molecule has 0 radical (unpaired) electrons. The third-order valence-corrected chi connectivity index (χ3v) is 4.90. The van der Waals surface area contributed by atoms with Gasteiger partial charge in [-0.25, -0.2) is 9.78 Å². The molecular weight excluding hydrogens is 282 g/mol. The van der Waals surface area contributed by atoms with Crippen molar-refractivity contribution in [1.82, 2.24) is 25.1 Å². The first-order chi connectivity index (χ1) is 10.5. The largest absolute Gasteiger partial charge is 0.334 e. The number of urea groups is 1. The number of carbonyl (C=O) groups excluding carboxylic acids is 2. The van der Waals surface area contributed by atoms with Crippen molar-refractivity contribution < 1.29 is 9.59 Å². The molecule has 2 N–H and O–H groups in total. The minimum Gasteiger partial charge on any atom is -0.334 e. The molecule has 3 heterocycles. The number of piperidine rings is 1. The van der Waals surface area contributed by atoms with Crippen molar-refractivity contribution >= 4 is 11.9 Å². The van der Waals surface area contributed by atoms with E-state index in [2.05, 4.69) is 32.0 Å². The summed E-state index contributed by atoms with van der Waals surface area (Å²) in [6, 6.07) is -0.383. The smallest absolute Gasteiger partial charge is 0.322 e. The standard InChI is InChI=1S/C15H23N5O2/c1-3-20-8-6-16-12(20)10-19-7-4-5-11(9-19)15(2)13(21)17-14(22)18-15/h6,8,11H,3-5,7,9-10H2,1-2H3,(H2,17,18,21,22)/t11-,15+/m1/s1. The molecule has 0 unspecified atom stereocenters. The molecule has 0 bridgehead atoms. The van der Waals surface area contributed by atoms with Crippen molar-refractivity contribution in [3.05, 3.63) is 18.2 Å². The second-order valence-corrected chi connectivity index (χ2v) is 6.31. The molecule has 0 aliphatic carbocycles. The van der Waals surface area contributed by atoms with E-state index in [1.165, 1.54) is 0 Å². The Balaban J connectivity index is 1.69. The van der Waals surface area contributed by atoms with Crippen LogP contribution < -0.4 is 10.6 Å². The molecule has 2 saturated heterocycles. The van der Waals surface area contributed by atoms with Gasteiger partial charge < -0.3 is 9.88 Å². The molecule has 7 heteroatoms. The highest BCUT2D eigenvalue weighted by Crippen LogP contribution is 2.30. The lowest BCUT2D eigenvalue weighted by Gasteiger charge is -2.39. The maximum atomic E-state index is 12.1. The number of carbonyl (C=O) groups is 2. The van der Waals surface area contributed by atoms with Crippen LogP contribution in [-0.2, 0) is 17.9 Å². The van der Waals surface area contributed by atoms with Gasteiger partial charge in [0.05, 0.1) is 6.54 Å². The van der Waals surface area contributed by atoms with Crippen molar-refractivity contribution in [3.8, 4) is 0 Å². The summed E-state index contributed by atoms with van der Waals surface area (Å²) >= 11 is 0. The summed E-state index contributed by atoms with van der Waals surface area (Å²) in [6.07, 6.45) is 5.79. The zero-order chi connectivity index (χ0) is 15.7. The Labute approximate surface area is 130 Å². The monoisotopic (exact) mass is 305 g/mol. The van der Waals surface area contributed by atoms with Crippen LogP contribution in [0.1, 0.15) is 32.5 Å². The highest BCUT2D eigenvalue weighted by atomic mass is 16.2. The van der Waals surface area contributed by atoms with E-state index < -0.39 is 5.54 Å². The van der Waals surface area contributed by atoms with Crippen LogP contribution in [0.25, 0.3) is 0 Å². The molecule has 1 aromatic heterocycles. The fourth-order valence-corrected chi connectivity index (χ4v) is 3.49. The number of nitrogens with one attached hydrogen (secondary N) is 2. The van der Waals surface area contributed by atoms with Crippen molar-refractivity contribution in [3.63, 3.8) is 0 Å². The lowest BCUT2D eigenvalue weighted by atomic mass is 9.80. The summed E-state index contributed by atoms with van der Waals surface area (Å²) < 4.78 is 2.13. The number of aromatic nitrogens is 2. The SMILES string of the molecule is CCn1ccnc1CN1CCC[C@@H]([C@]2(C)NC(=O)NC2=O)C1. The van der Waals surface area contributed by atoms with E-state index in [-0.39, 0.29) is 17.9 Å². The second-order valence-electron chi connectivity index (χ2n) is 6.31. The third-order valence-electron chi connectivity index (χ3n) is 4.90. The zero-order valence-electron chi connectivity index (χ0n) is 13.1. The molecule has 0 saturated carbocycles. The van der Waals surface area contributed by atoms with Crippen LogP contribution in [0.15, 0.2) is 12.4 Å². The van der Waals surface area contributed by atoms with Crippen LogP contribution in [0.3, 0.4) is 0 Å². The van der Waals surface area contributed by atoms with Gasteiger partial charge in [-0.1, -0.05) is 0 Å². The normalized spacial score (nSPS) is 29.5. The van der Waals surface area contributed by atoms with Crippen LogP contribution in [0.5, 0.6) is 0 Å². The quantitative estimate of drug-likeness (QED) is 0.803. The summed E-state index contributed by atoms with van der Waals surface area (Å²) in [6.45, 7) is 7.41. The molecule has 2 aliphatic heterocycles. The maximum absolute atomic E-state index is 12.1. The van der Waals surface area contributed by atoms with E-state index in [0.717, 1.165) is 44.8 Å². The average Bonchev–Trinajstić information content (AvgIpc) is 3.04. The molecule has 2 fully saturated rings. The minimum atomic E-state index is -0.796. The van der Waals surface area contributed by atoms with Gasteiger partial charge in [0.25, 0.3) is 5.91 Å². The fraction of sp³-hybridized carbons (Fsp3) is 0.667. The van der Waals surface area contributed by atoms with Gasteiger partial charge in [-0.05, 0) is 33.2 Å². The first kappa shape index (κ1) is 15.0. The molecular formula is C15H23N5O2. The summed E-state index contributed by atoms with van der Waals surface area (Å²) in [5.41, 5.74) is -0.796. The van der Waals surface area contributed by atoms with Gasteiger partial charge in [0, 0.05) is 31.4 Å². The number of amides is 3. The Morgan fingerprint density at radius 3 is 2.95 bits per heavy atom. The lowest BCUT2D eigenvalue weighted by molar-refractivity contribution is -0.126. The number of hydrogen-bond donors (Lipinski definition) is 2. The van der Waals surface area contributed by atoms with E-state index in [1.54, 1.807) is 0 Å². The van der Waals surface area contributed by atoms with Gasteiger partial charge in [-0.3, -0.25) is 15.0 Å². The van der Waals surface area contributed by atoms with Crippen molar-refractivity contribution in [2.24, 2.45) is 5.92 Å². The summed E-state index contributed by atoms with van der Waals surface area (Å²) in [5.74, 6) is 0.963. The zero-order valence-corrected chi connectivity index (χ0v) is 13.1. The number of imide groups is 1. The molecule has 3 amide bonds. The predicted octanol–water partition coefficient (Wildman–Crippen LogP) is 0.713. The third kappa shape index (κ3) is 2.61. The molecule has 3 rings (SSSR count). The summed E-state index contributed by atoms with van der Waals surface area (Å²) in [5, 5.41) is 5.16. The number of rotatable bonds is 4. The Morgan fingerprint density at radius 2 is 2.27 bits per heavy atom. The predicted molar refractivity (Wildman–Crippen MR) is 81.0 cm³/mol. The second kappa shape index (κ2) is 5.72. The summed E-state index contributed by atoms with van der Waals surface area (Å²) in [7, 11) is 0. The Kier molecular flexibility index (Phi) is 3.90. The lowest BCUT2D eigenvalue weighted by Crippen LogP contribution is -2.55. The number of nitrogens with zero attached hydrogens (tertiary/aromatic N) is 3. The van der Waals surface area contributed by atoms with Crippen LogP contribution >= 0.6 is 0 Å². The molecule has 2 aliphatic rings. The first-order valence-corrected chi connectivity index (χ1v) is 7.89. The first-order valence-electron chi connectivity index (χ1n) is 7.89. The van der Waals surface area contributed by atoms with E-state index in [4.69, 9.17) is 0 Å². The van der Waals surface area contributed by atoms with Crippen molar-refractivity contribution in [2.45, 2.75) is 45.3 Å². The average molecular weight is 305 g/mol. The number of hydrogen-bond acceptors (Lipinski definition) is 4. The molecule has 120 valence electrons. The van der Waals surface area contributed by atoms with Crippen molar-refractivity contribution in [1.29, 1.82) is 0 Å². The minimum absolute atomic E-state index is 0.123. The van der Waals surface area contributed by atoms with Crippen molar-refractivity contribution in [2.75, 3.05) is 13.1 Å². The highest BCUT2D eigenvalue weighted by Gasteiger charge is 2.48. The van der Waals surface area contributed by atoms with Crippen LogP contribution in [0.4, 0.5) is 4.79 Å². The van der Waals surface area contributed by atoms with Gasteiger partial charge in [0.2, 0.25) is 0 Å². The van der Waals surface area contributed by atoms with E-state index in [9.17, 15) is 9.59 Å². The molecule has 0 aromatic carbocycles. The fourth-order valence-electron chi connectivity index (χ4n) is 3.49. The molecule has 2 atom stereocenters. The van der Waals surface area contributed by atoms with E-state index in [1.807, 2.05) is 19.3 Å². The van der Waals surface area contributed by atoms with E-state index >= 15 is 0 Å². The van der Waals surface area contributed by atoms with Gasteiger partial charge in [0.1, 0.15) is 11.4 Å². The number of aryl methyl sites for hydroxylation is 1. The van der Waals surface area contributed by atoms with Gasteiger partial charge in [-0.15, -0.1) is 0 Å². The Morgan fingerprint density at radius 1 is 1.45 bits per heavy atom. The number of likely N-dealkylation sites (tertiary alicyclic amines) is 1. The van der Waals surface area contributed by atoms with Gasteiger partial charge >= 0.3 is 6.03 Å². The highest BCUT2D eigenvalue weighted by molar-refractivity contribution is 6.06.